The molecule has 0 saturated carbocycles. The Hall–Kier alpha value is -2.61. The molecule has 2 aromatic rings. The number of piperazine rings is 1. The van der Waals surface area contributed by atoms with E-state index < -0.39 is 15.9 Å². The first-order chi connectivity index (χ1) is 13.9. The van der Waals surface area contributed by atoms with Crippen LogP contribution in [0.25, 0.3) is 0 Å². The molecule has 1 unspecified atom stereocenters. The third-order valence-corrected chi connectivity index (χ3v) is 6.91. The molecule has 1 aliphatic heterocycles. The Morgan fingerprint density at radius 1 is 1.07 bits per heavy atom. The van der Waals surface area contributed by atoms with Crippen LogP contribution in [0.2, 0.25) is 0 Å². The van der Waals surface area contributed by atoms with E-state index >= 15 is 0 Å². The Bertz CT molecular complexity index is 925. The highest BCUT2D eigenvalue weighted by molar-refractivity contribution is 7.91. The van der Waals surface area contributed by atoms with E-state index in [0.717, 1.165) is 18.8 Å². The molecule has 0 radical (unpaired) electrons. The lowest BCUT2D eigenvalue weighted by Gasteiger charge is -2.37. The molecule has 0 spiro atoms. The van der Waals surface area contributed by atoms with E-state index in [1.807, 2.05) is 11.8 Å². The number of nitrogens with two attached hydrogens (primary N) is 1. The number of nitrogens with zero attached hydrogens (tertiary/aromatic N) is 3. The lowest BCUT2D eigenvalue weighted by Crippen LogP contribution is -2.51. The predicted octanol–water partition coefficient (Wildman–Crippen LogP) is 2.51. The van der Waals surface area contributed by atoms with Crippen molar-refractivity contribution in [3.8, 4) is 0 Å². The largest absolute Gasteiger partial charge is 0.370 e. The van der Waals surface area contributed by atoms with E-state index in [1.54, 1.807) is 42.5 Å². The minimum absolute atomic E-state index is 0.0657. The van der Waals surface area contributed by atoms with E-state index in [9.17, 15) is 12.8 Å². The Kier molecular flexibility index (Phi) is 6.74. The number of anilines is 1. The maximum absolute atomic E-state index is 13.1. The third kappa shape index (κ3) is 5.47. The number of aliphatic imine (C=N–C) groups is 1. The van der Waals surface area contributed by atoms with Gasteiger partial charge in [0.25, 0.3) is 0 Å². The molecular weight excluding hydrogens is 391 g/mol. The molecule has 8 heteroatoms. The molecule has 2 aromatic carbocycles. The number of guanidine groups is 1. The van der Waals surface area contributed by atoms with Crippen LogP contribution in [-0.2, 0) is 9.84 Å². The molecule has 29 heavy (non-hydrogen) atoms. The summed E-state index contributed by atoms with van der Waals surface area (Å²) >= 11 is 0. The summed E-state index contributed by atoms with van der Waals surface area (Å²) in [6.07, 6.45) is 0.586. The third-order valence-electron chi connectivity index (χ3n) is 5.10. The Morgan fingerprint density at radius 3 is 2.28 bits per heavy atom. The second-order valence-electron chi connectivity index (χ2n) is 7.09. The monoisotopic (exact) mass is 418 g/mol. The van der Waals surface area contributed by atoms with Gasteiger partial charge in [0.15, 0.2) is 15.8 Å². The van der Waals surface area contributed by atoms with E-state index in [0.29, 0.717) is 30.4 Å². The average Bonchev–Trinajstić information content (AvgIpc) is 2.74. The quantitative estimate of drug-likeness (QED) is 0.576. The minimum atomic E-state index is -3.42. The van der Waals surface area contributed by atoms with Gasteiger partial charge >= 0.3 is 0 Å². The SMILES string of the molecule is CCC(CS(=O)(=O)c1ccccc1)N=C(N)N1CCN(c2ccc(F)cc2)CC1. The van der Waals surface area contributed by atoms with Gasteiger partial charge in [0.2, 0.25) is 0 Å². The van der Waals surface area contributed by atoms with Crippen molar-refractivity contribution in [2.24, 2.45) is 10.7 Å². The number of benzene rings is 2. The van der Waals surface area contributed by atoms with Crippen molar-refractivity contribution < 1.29 is 12.8 Å². The topological polar surface area (TPSA) is 79.0 Å². The molecule has 0 bridgehead atoms. The van der Waals surface area contributed by atoms with Crippen molar-refractivity contribution >= 4 is 21.5 Å². The van der Waals surface area contributed by atoms with Gasteiger partial charge in [0, 0.05) is 31.9 Å². The molecule has 1 saturated heterocycles. The van der Waals surface area contributed by atoms with Gasteiger partial charge < -0.3 is 15.5 Å². The summed E-state index contributed by atoms with van der Waals surface area (Å²) in [5.41, 5.74) is 7.17. The molecule has 3 rings (SSSR count). The first-order valence-corrected chi connectivity index (χ1v) is 11.4. The molecule has 2 N–H and O–H groups in total. The summed E-state index contributed by atoms with van der Waals surface area (Å²) < 4.78 is 38.4. The Labute approximate surface area is 171 Å². The second kappa shape index (κ2) is 9.26. The van der Waals surface area contributed by atoms with Crippen molar-refractivity contribution in [1.82, 2.24) is 4.90 Å². The van der Waals surface area contributed by atoms with Crippen LogP contribution in [0.5, 0.6) is 0 Å². The summed E-state index contributed by atoms with van der Waals surface area (Å²) in [5, 5.41) is 0. The van der Waals surface area contributed by atoms with Crippen molar-refractivity contribution in [1.29, 1.82) is 0 Å². The van der Waals surface area contributed by atoms with Crippen molar-refractivity contribution in [3.05, 3.63) is 60.4 Å². The van der Waals surface area contributed by atoms with Crippen molar-refractivity contribution in [2.75, 3.05) is 36.8 Å². The highest BCUT2D eigenvalue weighted by atomic mass is 32.2. The van der Waals surface area contributed by atoms with Crippen LogP contribution >= 0.6 is 0 Å². The molecule has 1 heterocycles. The highest BCUT2D eigenvalue weighted by Crippen LogP contribution is 2.18. The van der Waals surface area contributed by atoms with Gasteiger partial charge in [-0.15, -0.1) is 0 Å². The average molecular weight is 419 g/mol. The second-order valence-corrected chi connectivity index (χ2v) is 9.13. The zero-order valence-corrected chi connectivity index (χ0v) is 17.4. The highest BCUT2D eigenvalue weighted by Gasteiger charge is 2.23. The van der Waals surface area contributed by atoms with E-state index in [2.05, 4.69) is 9.89 Å². The smallest absolute Gasteiger partial charge is 0.191 e. The molecular formula is C21H27FN4O2S. The van der Waals surface area contributed by atoms with Gasteiger partial charge in [-0.05, 0) is 42.8 Å². The Balaban J connectivity index is 1.61. The number of sulfone groups is 1. The molecule has 0 aromatic heterocycles. The molecule has 1 aliphatic rings. The molecule has 0 amide bonds. The summed E-state index contributed by atoms with van der Waals surface area (Å²) in [6.45, 7) is 4.74. The van der Waals surface area contributed by atoms with E-state index in [-0.39, 0.29) is 11.6 Å². The fourth-order valence-electron chi connectivity index (χ4n) is 3.34. The van der Waals surface area contributed by atoms with Crippen LogP contribution in [0.15, 0.2) is 64.5 Å². The van der Waals surface area contributed by atoms with Crippen LogP contribution in [-0.4, -0.2) is 57.3 Å². The van der Waals surface area contributed by atoms with Gasteiger partial charge in [-0.1, -0.05) is 25.1 Å². The number of hydrogen-bond donors (Lipinski definition) is 1. The van der Waals surface area contributed by atoms with Gasteiger partial charge in [-0.2, -0.15) is 0 Å². The summed E-state index contributed by atoms with van der Waals surface area (Å²) in [7, 11) is -3.42. The molecule has 6 nitrogen and oxygen atoms in total. The standard InChI is InChI=1S/C21H27FN4O2S/c1-2-18(16-29(27,28)20-6-4-3-5-7-20)24-21(23)26-14-12-25(13-15-26)19-10-8-17(22)9-11-19/h3-11,18H,2,12-16H2,1H3,(H2,23,24). The molecule has 0 aliphatic carbocycles. The van der Waals surface area contributed by atoms with Crippen molar-refractivity contribution in [3.63, 3.8) is 0 Å². The number of rotatable bonds is 6. The van der Waals surface area contributed by atoms with Gasteiger partial charge in [0.05, 0.1) is 16.7 Å². The summed E-state index contributed by atoms with van der Waals surface area (Å²) in [6, 6.07) is 14.5. The number of halogens is 1. The lowest BCUT2D eigenvalue weighted by molar-refractivity contribution is 0.379. The summed E-state index contributed by atoms with van der Waals surface area (Å²) in [4.78, 5) is 8.95. The van der Waals surface area contributed by atoms with Crippen LogP contribution in [0.3, 0.4) is 0 Å². The first-order valence-electron chi connectivity index (χ1n) is 9.75. The predicted molar refractivity (Wildman–Crippen MR) is 114 cm³/mol. The maximum Gasteiger partial charge on any atom is 0.191 e. The van der Waals surface area contributed by atoms with Crippen LogP contribution in [0.4, 0.5) is 10.1 Å². The molecule has 1 atom stereocenters. The normalized spacial score (nSPS) is 16.7. The summed E-state index contributed by atoms with van der Waals surface area (Å²) in [5.74, 6) is 0.0581. The van der Waals surface area contributed by atoms with Crippen LogP contribution < -0.4 is 10.6 Å². The van der Waals surface area contributed by atoms with Crippen LogP contribution in [0.1, 0.15) is 13.3 Å². The fraction of sp³-hybridized carbons (Fsp3) is 0.381. The zero-order valence-electron chi connectivity index (χ0n) is 16.5. The Morgan fingerprint density at radius 2 is 1.69 bits per heavy atom. The molecule has 156 valence electrons. The van der Waals surface area contributed by atoms with Crippen molar-refractivity contribution in [2.45, 2.75) is 24.3 Å². The first kappa shape index (κ1) is 21.1. The zero-order chi connectivity index (χ0) is 20.9. The van der Waals surface area contributed by atoms with E-state index in [1.165, 1.54) is 12.1 Å². The molecule has 1 fully saturated rings. The van der Waals surface area contributed by atoms with Gasteiger partial charge in [0.1, 0.15) is 5.82 Å². The van der Waals surface area contributed by atoms with E-state index in [4.69, 9.17) is 5.73 Å². The van der Waals surface area contributed by atoms with Crippen LogP contribution in [0, 0.1) is 5.82 Å². The number of hydrogen-bond acceptors (Lipinski definition) is 4. The van der Waals surface area contributed by atoms with Gasteiger partial charge in [-0.25, -0.2) is 17.8 Å². The maximum atomic E-state index is 13.1. The fourth-order valence-corrected chi connectivity index (χ4v) is 4.92. The van der Waals surface area contributed by atoms with Gasteiger partial charge in [-0.3, -0.25) is 0 Å². The lowest BCUT2D eigenvalue weighted by atomic mass is 10.2. The minimum Gasteiger partial charge on any atom is -0.370 e.